The van der Waals surface area contributed by atoms with Crippen molar-refractivity contribution in [2.45, 2.75) is 129 Å². The number of hydrogen-bond donors (Lipinski definition) is 0. The van der Waals surface area contributed by atoms with E-state index in [1.54, 1.807) is 5.56 Å². The molecule has 0 atom stereocenters. The van der Waals surface area contributed by atoms with Crippen molar-refractivity contribution >= 4 is 51.1 Å². The van der Waals surface area contributed by atoms with Crippen molar-refractivity contribution in [3.05, 3.63) is 124 Å². The maximum atomic E-state index is 2.70. The van der Waals surface area contributed by atoms with Crippen molar-refractivity contribution in [3.63, 3.8) is 0 Å². The maximum absolute atomic E-state index is 2.70. The van der Waals surface area contributed by atoms with Gasteiger partial charge < -0.3 is 9.47 Å². The molecule has 6 aromatic rings. The number of rotatable bonds is 1. The van der Waals surface area contributed by atoms with Gasteiger partial charge in [-0.1, -0.05) is 124 Å². The SMILES string of the molecule is Cc1cc2c3c(c1)-n1c4c(c5cccc(c51)B3c1cc3c(cc1N2c1ccc2c(c1)C(C)(C)CCC2(C)C)C(C)(C)CCC3(C)C)C(C)(C)c1ccccc1-4. The second-order valence-corrected chi connectivity index (χ2v) is 21.2. The van der Waals surface area contributed by atoms with Crippen molar-refractivity contribution in [1.29, 1.82) is 0 Å². The lowest BCUT2D eigenvalue weighted by Gasteiger charge is -2.46. The number of hydrogen-bond acceptors (Lipinski definition) is 1. The van der Waals surface area contributed by atoms with Crippen molar-refractivity contribution in [1.82, 2.24) is 4.57 Å². The number of anilines is 3. The smallest absolute Gasteiger partial charge is 0.252 e. The first kappa shape index (κ1) is 33.8. The Morgan fingerprint density at radius 3 is 1.85 bits per heavy atom. The Bertz CT molecular complexity index is 2710. The summed E-state index contributed by atoms with van der Waals surface area (Å²) < 4.78 is 2.70. The zero-order chi connectivity index (χ0) is 38.4. The topological polar surface area (TPSA) is 8.17 Å². The highest BCUT2D eigenvalue weighted by Crippen LogP contribution is 2.56. The first-order valence-corrected chi connectivity index (χ1v) is 21.0. The van der Waals surface area contributed by atoms with E-state index in [0.717, 1.165) is 0 Å². The molecule has 3 heteroatoms. The van der Waals surface area contributed by atoms with Gasteiger partial charge in [0.25, 0.3) is 6.71 Å². The third kappa shape index (κ3) is 4.18. The molecule has 0 amide bonds. The molecule has 55 heavy (non-hydrogen) atoms. The third-order valence-corrected chi connectivity index (χ3v) is 15.5. The summed E-state index contributed by atoms with van der Waals surface area (Å²) in [4.78, 5) is 2.69. The standard InChI is InChI=1S/C52H55BN2/c1-30-25-42-45-43(26-30)55-46-33(44-47(55)32-15-12-13-17-34(32)52(44,10)11)16-14-18-39(46)53(45)40-28-37-38(51(8,9)24-23-50(37,6)7)29-41(40)54(42)31-19-20-35-36(27-31)49(4,5)22-21-48(35,2)3/h12-20,25-29H,21-24H2,1-11H3. The monoisotopic (exact) mass is 718 g/mol. The molecule has 0 unspecified atom stereocenters. The van der Waals surface area contributed by atoms with E-state index in [-0.39, 0.29) is 33.8 Å². The fourth-order valence-electron chi connectivity index (χ4n) is 12.2. The Balaban J connectivity index is 1.29. The molecule has 0 saturated heterocycles. The summed E-state index contributed by atoms with van der Waals surface area (Å²) in [5.41, 5.74) is 24.6. The molecule has 2 aliphatic heterocycles. The fourth-order valence-corrected chi connectivity index (χ4v) is 12.2. The van der Waals surface area contributed by atoms with Gasteiger partial charge in [-0.05, 0) is 140 Å². The van der Waals surface area contributed by atoms with Gasteiger partial charge >= 0.3 is 0 Å². The second-order valence-electron chi connectivity index (χ2n) is 21.2. The predicted octanol–water partition coefficient (Wildman–Crippen LogP) is 11.6. The Hall–Kier alpha value is -4.50. The van der Waals surface area contributed by atoms with Crippen LogP contribution in [0.25, 0.3) is 27.8 Å². The van der Waals surface area contributed by atoms with Crippen LogP contribution in [-0.4, -0.2) is 11.3 Å². The normalized spacial score (nSPS) is 20.6. The lowest BCUT2D eigenvalue weighted by Crippen LogP contribution is -2.61. The van der Waals surface area contributed by atoms with Gasteiger partial charge in [0.15, 0.2) is 0 Å². The van der Waals surface area contributed by atoms with Crippen molar-refractivity contribution in [3.8, 4) is 16.9 Å². The summed E-state index contributed by atoms with van der Waals surface area (Å²) in [6, 6.07) is 34.3. The Labute approximate surface area is 329 Å². The number of fused-ring (bicyclic) bond motifs is 11. The van der Waals surface area contributed by atoms with Gasteiger partial charge in [0.2, 0.25) is 0 Å². The van der Waals surface area contributed by atoms with Crippen LogP contribution < -0.4 is 21.3 Å². The Kier molecular flexibility index (Phi) is 6.31. The summed E-state index contributed by atoms with van der Waals surface area (Å²) >= 11 is 0. The highest BCUT2D eigenvalue weighted by Gasteiger charge is 2.49. The first-order chi connectivity index (χ1) is 25.9. The summed E-state index contributed by atoms with van der Waals surface area (Å²) in [5, 5.41) is 1.41. The van der Waals surface area contributed by atoms with Gasteiger partial charge in [-0.3, -0.25) is 0 Å². The van der Waals surface area contributed by atoms with Gasteiger partial charge in [0.05, 0.1) is 5.69 Å². The second kappa shape index (κ2) is 10.3. The molecule has 5 aliphatic rings. The summed E-state index contributed by atoms with van der Waals surface area (Å²) in [7, 11) is 0. The lowest BCUT2D eigenvalue weighted by atomic mass is 9.33. The molecule has 5 aromatic carbocycles. The van der Waals surface area contributed by atoms with Gasteiger partial charge in [0.1, 0.15) is 0 Å². The average Bonchev–Trinajstić information content (AvgIpc) is 3.61. The van der Waals surface area contributed by atoms with Crippen molar-refractivity contribution in [2.75, 3.05) is 4.90 Å². The van der Waals surface area contributed by atoms with E-state index in [1.165, 1.54) is 120 Å². The minimum absolute atomic E-state index is 0.0940. The van der Waals surface area contributed by atoms with Gasteiger partial charge in [0, 0.05) is 44.6 Å². The highest BCUT2D eigenvalue weighted by molar-refractivity contribution is 7.00. The molecular formula is C52H55BN2. The Morgan fingerprint density at radius 1 is 0.527 bits per heavy atom. The van der Waals surface area contributed by atoms with Crippen LogP contribution >= 0.6 is 0 Å². The van der Waals surface area contributed by atoms with E-state index in [1.807, 2.05) is 0 Å². The zero-order valence-electron chi connectivity index (χ0n) is 34.9. The van der Waals surface area contributed by atoms with Crippen LogP contribution in [-0.2, 0) is 27.1 Å². The van der Waals surface area contributed by atoms with Crippen molar-refractivity contribution < 1.29 is 0 Å². The highest BCUT2D eigenvalue weighted by atomic mass is 15.2. The van der Waals surface area contributed by atoms with E-state index < -0.39 is 0 Å². The molecule has 0 spiro atoms. The predicted molar refractivity (Wildman–Crippen MR) is 235 cm³/mol. The summed E-state index contributed by atoms with van der Waals surface area (Å²) in [5.74, 6) is 0. The van der Waals surface area contributed by atoms with Crippen LogP contribution in [0.3, 0.4) is 0 Å². The number of nitrogens with zero attached hydrogens (tertiary/aromatic N) is 2. The van der Waals surface area contributed by atoms with Crippen LogP contribution in [0.4, 0.5) is 17.1 Å². The molecule has 0 saturated carbocycles. The largest absolute Gasteiger partial charge is 0.311 e. The molecule has 3 aliphatic carbocycles. The van der Waals surface area contributed by atoms with E-state index in [2.05, 4.69) is 171 Å². The van der Waals surface area contributed by atoms with Crippen LogP contribution in [0.1, 0.15) is 134 Å². The first-order valence-electron chi connectivity index (χ1n) is 21.0. The number of aromatic nitrogens is 1. The minimum Gasteiger partial charge on any atom is -0.311 e. The summed E-state index contributed by atoms with van der Waals surface area (Å²) in [6.07, 6.45) is 4.83. The lowest BCUT2D eigenvalue weighted by molar-refractivity contribution is 0.332. The molecule has 0 fully saturated rings. The number of para-hydroxylation sites is 1. The van der Waals surface area contributed by atoms with E-state index in [0.29, 0.717) is 0 Å². The number of aryl methyl sites for hydroxylation is 1. The molecule has 2 nitrogen and oxygen atoms in total. The van der Waals surface area contributed by atoms with E-state index in [9.17, 15) is 0 Å². The van der Waals surface area contributed by atoms with Gasteiger partial charge in [-0.2, -0.15) is 0 Å². The van der Waals surface area contributed by atoms with E-state index >= 15 is 0 Å². The molecular weight excluding hydrogens is 663 g/mol. The van der Waals surface area contributed by atoms with Crippen LogP contribution in [0.2, 0.25) is 0 Å². The molecule has 11 rings (SSSR count). The van der Waals surface area contributed by atoms with Crippen LogP contribution in [0.15, 0.2) is 84.9 Å². The molecule has 3 heterocycles. The summed E-state index contributed by atoms with van der Waals surface area (Å²) in [6.45, 7) is 27.1. The molecule has 0 N–H and O–H groups in total. The zero-order valence-corrected chi connectivity index (χ0v) is 34.9. The molecule has 1 aromatic heterocycles. The van der Waals surface area contributed by atoms with Gasteiger partial charge in [-0.15, -0.1) is 0 Å². The van der Waals surface area contributed by atoms with Gasteiger partial charge in [-0.25, -0.2) is 0 Å². The fraction of sp³-hybridized carbons (Fsp3) is 0.385. The quantitative estimate of drug-likeness (QED) is 0.153. The van der Waals surface area contributed by atoms with E-state index in [4.69, 9.17) is 0 Å². The van der Waals surface area contributed by atoms with Crippen molar-refractivity contribution in [2.24, 2.45) is 0 Å². The number of benzene rings is 5. The average molecular weight is 719 g/mol. The maximum Gasteiger partial charge on any atom is 0.252 e. The third-order valence-electron chi connectivity index (χ3n) is 15.5. The Morgan fingerprint density at radius 2 is 1.15 bits per heavy atom. The molecule has 276 valence electrons. The van der Waals surface area contributed by atoms with Crippen LogP contribution in [0.5, 0.6) is 0 Å². The molecule has 0 radical (unpaired) electrons. The molecule has 0 bridgehead atoms. The minimum atomic E-state index is -0.0940. The van der Waals surface area contributed by atoms with Crippen LogP contribution in [0, 0.1) is 6.92 Å².